The molecule has 3 aromatic rings. The molecule has 1 aromatic carbocycles. The lowest BCUT2D eigenvalue weighted by Gasteiger charge is -2.30. The zero-order valence-electron chi connectivity index (χ0n) is 17.6. The Morgan fingerprint density at radius 1 is 1.16 bits per heavy atom. The molecule has 10 nitrogen and oxygen atoms in total. The number of aromatic nitrogens is 3. The minimum absolute atomic E-state index is 0.0315. The summed E-state index contributed by atoms with van der Waals surface area (Å²) in [6.45, 7) is 0. The van der Waals surface area contributed by atoms with Gasteiger partial charge in [-0.3, -0.25) is 9.20 Å². The Labute approximate surface area is 179 Å². The summed E-state index contributed by atoms with van der Waals surface area (Å²) in [6, 6.07) is 5.41. The van der Waals surface area contributed by atoms with E-state index in [1.54, 1.807) is 49.2 Å². The first-order valence-electron chi connectivity index (χ1n) is 10.2. The number of hydrogen-bond donors (Lipinski definition) is 4. The molecule has 1 aliphatic carbocycles. The van der Waals surface area contributed by atoms with Crippen molar-refractivity contribution in [2.24, 2.45) is 11.5 Å². The van der Waals surface area contributed by atoms with Crippen molar-refractivity contribution in [2.45, 2.75) is 37.8 Å². The monoisotopic (exact) mass is 425 g/mol. The van der Waals surface area contributed by atoms with Crippen LogP contribution in [0.5, 0.6) is 11.5 Å². The van der Waals surface area contributed by atoms with E-state index in [1.165, 1.54) is 0 Å². The first kappa shape index (κ1) is 20.7. The van der Waals surface area contributed by atoms with Gasteiger partial charge in [0.25, 0.3) is 5.91 Å². The van der Waals surface area contributed by atoms with Gasteiger partial charge in [-0.25, -0.2) is 4.98 Å². The van der Waals surface area contributed by atoms with E-state index in [1.807, 2.05) is 0 Å². The predicted molar refractivity (Wildman–Crippen MR) is 118 cm³/mol. The second-order valence-electron chi connectivity index (χ2n) is 7.57. The number of methoxy groups -OCH3 is 2. The molecule has 0 radical (unpaired) electrons. The van der Waals surface area contributed by atoms with E-state index in [4.69, 9.17) is 25.9 Å². The van der Waals surface area contributed by atoms with Gasteiger partial charge in [-0.2, -0.15) is 4.98 Å². The van der Waals surface area contributed by atoms with Crippen LogP contribution in [0.15, 0.2) is 30.6 Å². The SMILES string of the molecule is COc1cc(Nc2nc(N[C@@H]3CCCC[C@@H]3N)n3ccnc3c2C(N)=O)cc(OC)c1. The zero-order chi connectivity index (χ0) is 22.0. The molecule has 1 aliphatic rings. The van der Waals surface area contributed by atoms with Gasteiger partial charge in [0, 0.05) is 48.4 Å². The Balaban J connectivity index is 1.78. The molecular formula is C21H27N7O3. The third-order valence-electron chi connectivity index (χ3n) is 5.54. The summed E-state index contributed by atoms with van der Waals surface area (Å²) in [6.07, 6.45) is 7.48. The van der Waals surface area contributed by atoms with Crippen LogP contribution in [0, 0.1) is 0 Å². The molecule has 10 heteroatoms. The van der Waals surface area contributed by atoms with Gasteiger partial charge in [-0.15, -0.1) is 0 Å². The molecule has 4 rings (SSSR count). The van der Waals surface area contributed by atoms with E-state index in [0.29, 0.717) is 28.8 Å². The largest absolute Gasteiger partial charge is 0.497 e. The van der Waals surface area contributed by atoms with E-state index in [2.05, 4.69) is 15.6 Å². The van der Waals surface area contributed by atoms with Crippen LogP contribution >= 0.6 is 0 Å². The Morgan fingerprint density at radius 2 is 1.87 bits per heavy atom. The highest BCUT2D eigenvalue weighted by Gasteiger charge is 2.25. The highest BCUT2D eigenvalue weighted by molar-refractivity contribution is 6.04. The smallest absolute Gasteiger partial charge is 0.256 e. The van der Waals surface area contributed by atoms with Crippen molar-refractivity contribution in [2.75, 3.05) is 24.9 Å². The summed E-state index contributed by atoms with van der Waals surface area (Å²) >= 11 is 0. The molecule has 1 amide bonds. The number of hydrogen-bond acceptors (Lipinski definition) is 8. The van der Waals surface area contributed by atoms with Gasteiger partial charge in [0.15, 0.2) is 11.5 Å². The average molecular weight is 425 g/mol. The molecule has 164 valence electrons. The quantitative estimate of drug-likeness (QED) is 0.452. The number of carbonyl (C=O) groups is 1. The van der Waals surface area contributed by atoms with Crippen LogP contribution in [-0.2, 0) is 0 Å². The lowest BCUT2D eigenvalue weighted by atomic mass is 9.91. The van der Waals surface area contributed by atoms with Gasteiger partial charge in [0.2, 0.25) is 5.95 Å². The maximum absolute atomic E-state index is 12.3. The van der Waals surface area contributed by atoms with E-state index in [-0.39, 0.29) is 23.5 Å². The molecule has 0 saturated heterocycles. The molecule has 0 unspecified atom stereocenters. The number of anilines is 3. The van der Waals surface area contributed by atoms with Crippen LogP contribution in [0.2, 0.25) is 0 Å². The Kier molecular flexibility index (Phi) is 5.81. The van der Waals surface area contributed by atoms with E-state index >= 15 is 0 Å². The Morgan fingerprint density at radius 3 is 2.52 bits per heavy atom. The molecule has 0 spiro atoms. The molecule has 0 bridgehead atoms. The number of benzene rings is 1. The van der Waals surface area contributed by atoms with E-state index in [9.17, 15) is 4.79 Å². The summed E-state index contributed by atoms with van der Waals surface area (Å²) < 4.78 is 12.4. The molecule has 31 heavy (non-hydrogen) atoms. The molecule has 0 aliphatic heterocycles. The first-order chi connectivity index (χ1) is 15.0. The molecular weight excluding hydrogens is 398 g/mol. The van der Waals surface area contributed by atoms with Crippen LogP contribution in [0.1, 0.15) is 36.0 Å². The van der Waals surface area contributed by atoms with Gasteiger partial charge in [-0.05, 0) is 12.8 Å². The van der Waals surface area contributed by atoms with Crippen LogP contribution in [-0.4, -0.2) is 46.6 Å². The van der Waals surface area contributed by atoms with Crippen LogP contribution < -0.4 is 31.6 Å². The summed E-state index contributed by atoms with van der Waals surface area (Å²) in [7, 11) is 3.13. The van der Waals surface area contributed by atoms with Crippen molar-refractivity contribution in [3.8, 4) is 11.5 Å². The third-order valence-corrected chi connectivity index (χ3v) is 5.54. The number of nitrogens with zero attached hydrogens (tertiary/aromatic N) is 3. The first-order valence-corrected chi connectivity index (χ1v) is 10.2. The van der Waals surface area contributed by atoms with Gasteiger partial charge in [0.1, 0.15) is 17.1 Å². The van der Waals surface area contributed by atoms with Crippen molar-refractivity contribution in [1.29, 1.82) is 0 Å². The summed E-state index contributed by atoms with van der Waals surface area (Å²) in [4.78, 5) is 21.4. The van der Waals surface area contributed by atoms with Crippen LogP contribution in [0.25, 0.3) is 5.65 Å². The molecule has 2 heterocycles. The van der Waals surface area contributed by atoms with Crippen molar-refractivity contribution in [3.63, 3.8) is 0 Å². The van der Waals surface area contributed by atoms with Crippen molar-refractivity contribution >= 4 is 29.0 Å². The number of rotatable bonds is 7. The molecule has 1 saturated carbocycles. The summed E-state index contributed by atoms with van der Waals surface area (Å²) in [5.74, 6) is 1.37. The van der Waals surface area contributed by atoms with Gasteiger partial charge >= 0.3 is 0 Å². The minimum Gasteiger partial charge on any atom is -0.497 e. The van der Waals surface area contributed by atoms with Gasteiger partial charge in [0.05, 0.1) is 14.2 Å². The fourth-order valence-corrected chi connectivity index (χ4v) is 3.92. The Bertz CT molecular complexity index is 1080. The van der Waals surface area contributed by atoms with Crippen molar-refractivity contribution in [3.05, 3.63) is 36.2 Å². The topological polar surface area (TPSA) is 142 Å². The van der Waals surface area contributed by atoms with E-state index in [0.717, 1.165) is 25.7 Å². The van der Waals surface area contributed by atoms with Crippen molar-refractivity contribution in [1.82, 2.24) is 14.4 Å². The molecule has 2 atom stereocenters. The summed E-state index contributed by atoms with van der Waals surface area (Å²) in [5, 5.41) is 6.62. The fraction of sp³-hybridized carbons (Fsp3) is 0.381. The number of carbonyl (C=O) groups excluding carboxylic acids is 1. The normalized spacial score (nSPS) is 18.5. The second kappa shape index (κ2) is 8.68. The maximum atomic E-state index is 12.3. The standard InChI is InChI=1S/C21H27N7O3/c1-30-13-9-12(10-14(11-13)31-2)25-19-17(18(23)29)20-24-7-8-28(20)21(27-19)26-16-6-4-3-5-15(16)22/h7-11,15-16,25H,3-6,22H2,1-2H3,(H2,23,29)(H,26,27)/t15-,16+/m0/s1. The average Bonchev–Trinajstić information content (AvgIpc) is 3.24. The lowest BCUT2D eigenvalue weighted by molar-refractivity contribution is 0.100. The second-order valence-corrected chi connectivity index (χ2v) is 7.57. The number of primary amides is 1. The zero-order valence-corrected chi connectivity index (χ0v) is 17.6. The predicted octanol–water partition coefficient (Wildman–Crippen LogP) is 2.27. The number of nitrogens with two attached hydrogens (primary N) is 2. The number of ether oxygens (including phenoxy) is 2. The Hall–Kier alpha value is -3.53. The van der Waals surface area contributed by atoms with Crippen LogP contribution in [0.3, 0.4) is 0 Å². The maximum Gasteiger partial charge on any atom is 0.256 e. The number of amides is 1. The van der Waals surface area contributed by atoms with Crippen molar-refractivity contribution < 1.29 is 14.3 Å². The highest BCUT2D eigenvalue weighted by Crippen LogP contribution is 2.31. The minimum atomic E-state index is -0.637. The number of fused-ring (bicyclic) bond motifs is 1. The molecule has 6 N–H and O–H groups in total. The van der Waals surface area contributed by atoms with Gasteiger partial charge < -0.3 is 31.6 Å². The molecule has 2 aromatic heterocycles. The molecule has 1 fully saturated rings. The fourth-order valence-electron chi connectivity index (χ4n) is 3.92. The summed E-state index contributed by atoms with van der Waals surface area (Å²) in [5.41, 5.74) is 13.2. The lowest BCUT2D eigenvalue weighted by Crippen LogP contribution is -2.43. The number of nitrogens with one attached hydrogen (secondary N) is 2. The number of imidazole rings is 1. The van der Waals surface area contributed by atoms with Gasteiger partial charge in [-0.1, -0.05) is 12.8 Å². The third kappa shape index (κ3) is 4.19. The highest BCUT2D eigenvalue weighted by atomic mass is 16.5. The van der Waals surface area contributed by atoms with Crippen LogP contribution in [0.4, 0.5) is 17.5 Å². The van der Waals surface area contributed by atoms with E-state index < -0.39 is 5.91 Å².